The standard InChI is InChI=1S/C13H26O4/c1-2-3-4-5-8-15-9-7-13-16-10-6-12(11-14)17-13/h12-14H,2-11H2,1H3/t12-,13-/m0/s1. The van der Waals surface area contributed by atoms with Gasteiger partial charge >= 0.3 is 0 Å². The number of ether oxygens (including phenoxy) is 3. The average molecular weight is 246 g/mol. The summed E-state index contributed by atoms with van der Waals surface area (Å²) in [6.45, 7) is 4.46. The van der Waals surface area contributed by atoms with Crippen molar-refractivity contribution in [3.63, 3.8) is 0 Å². The van der Waals surface area contributed by atoms with E-state index in [1.807, 2.05) is 0 Å². The third-order valence-corrected chi connectivity index (χ3v) is 2.93. The number of aliphatic hydroxyl groups excluding tert-OH is 1. The van der Waals surface area contributed by atoms with Crippen LogP contribution in [0.1, 0.15) is 45.4 Å². The van der Waals surface area contributed by atoms with E-state index < -0.39 is 0 Å². The highest BCUT2D eigenvalue weighted by Crippen LogP contribution is 2.14. The molecule has 0 unspecified atom stereocenters. The zero-order valence-electron chi connectivity index (χ0n) is 10.9. The summed E-state index contributed by atoms with van der Waals surface area (Å²) in [5.41, 5.74) is 0. The number of unbranched alkanes of at least 4 members (excludes halogenated alkanes) is 3. The first-order valence-electron chi connectivity index (χ1n) is 6.82. The van der Waals surface area contributed by atoms with Crippen LogP contribution in [0.4, 0.5) is 0 Å². The summed E-state index contributed by atoms with van der Waals surface area (Å²) in [5.74, 6) is 0. The van der Waals surface area contributed by atoms with Crippen LogP contribution in [0.2, 0.25) is 0 Å². The molecular formula is C13H26O4. The topological polar surface area (TPSA) is 47.9 Å². The molecule has 1 N–H and O–H groups in total. The van der Waals surface area contributed by atoms with Crippen molar-refractivity contribution in [3.8, 4) is 0 Å². The maximum atomic E-state index is 8.99. The fourth-order valence-electron chi connectivity index (χ4n) is 1.85. The lowest BCUT2D eigenvalue weighted by Crippen LogP contribution is -2.35. The monoisotopic (exact) mass is 246 g/mol. The van der Waals surface area contributed by atoms with E-state index >= 15 is 0 Å². The predicted molar refractivity (Wildman–Crippen MR) is 65.9 cm³/mol. The fraction of sp³-hybridized carbons (Fsp3) is 1.00. The molecule has 102 valence electrons. The maximum absolute atomic E-state index is 8.99. The zero-order chi connectivity index (χ0) is 12.3. The van der Waals surface area contributed by atoms with Crippen LogP contribution in [-0.4, -0.2) is 43.9 Å². The number of hydrogen-bond acceptors (Lipinski definition) is 4. The first kappa shape index (κ1) is 14.9. The van der Waals surface area contributed by atoms with Gasteiger partial charge in [0.05, 0.1) is 25.9 Å². The Morgan fingerprint density at radius 1 is 1.24 bits per heavy atom. The van der Waals surface area contributed by atoms with Gasteiger partial charge in [0.15, 0.2) is 6.29 Å². The molecule has 0 aliphatic carbocycles. The van der Waals surface area contributed by atoms with Gasteiger partial charge in [-0.25, -0.2) is 0 Å². The molecule has 17 heavy (non-hydrogen) atoms. The van der Waals surface area contributed by atoms with Crippen LogP contribution in [0.5, 0.6) is 0 Å². The van der Waals surface area contributed by atoms with E-state index in [4.69, 9.17) is 19.3 Å². The van der Waals surface area contributed by atoms with E-state index in [9.17, 15) is 0 Å². The highest BCUT2D eigenvalue weighted by molar-refractivity contribution is 4.62. The molecule has 0 aromatic rings. The summed E-state index contributed by atoms with van der Waals surface area (Å²) in [6, 6.07) is 0. The van der Waals surface area contributed by atoms with Crippen LogP contribution in [0.3, 0.4) is 0 Å². The SMILES string of the molecule is CCCCCCOCC[C@H]1OCC[C@@H](CO)O1. The van der Waals surface area contributed by atoms with Gasteiger partial charge in [0.25, 0.3) is 0 Å². The van der Waals surface area contributed by atoms with Gasteiger partial charge in [-0.3, -0.25) is 0 Å². The van der Waals surface area contributed by atoms with E-state index in [0.717, 1.165) is 25.9 Å². The van der Waals surface area contributed by atoms with Gasteiger partial charge in [0.2, 0.25) is 0 Å². The van der Waals surface area contributed by atoms with Gasteiger partial charge in [0.1, 0.15) is 0 Å². The van der Waals surface area contributed by atoms with Crippen molar-refractivity contribution in [2.45, 2.75) is 57.8 Å². The average Bonchev–Trinajstić information content (AvgIpc) is 2.38. The fourth-order valence-corrected chi connectivity index (χ4v) is 1.85. The Labute approximate surface area is 104 Å². The van der Waals surface area contributed by atoms with Crippen LogP contribution < -0.4 is 0 Å². The molecule has 4 heteroatoms. The Morgan fingerprint density at radius 3 is 2.88 bits per heavy atom. The molecule has 0 bridgehead atoms. The first-order chi connectivity index (χ1) is 8.36. The quantitative estimate of drug-likeness (QED) is 0.633. The summed E-state index contributed by atoms with van der Waals surface area (Å²) in [7, 11) is 0. The van der Waals surface area contributed by atoms with Crippen LogP contribution in [0.25, 0.3) is 0 Å². The van der Waals surface area contributed by atoms with Gasteiger partial charge in [-0.05, 0) is 12.8 Å². The normalized spacial score (nSPS) is 25.1. The summed E-state index contributed by atoms with van der Waals surface area (Å²) < 4.78 is 16.5. The molecule has 0 aromatic carbocycles. The van der Waals surface area contributed by atoms with Crippen molar-refractivity contribution in [2.24, 2.45) is 0 Å². The van der Waals surface area contributed by atoms with Crippen molar-refractivity contribution in [3.05, 3.63) is 0 Å². The van der Waals surface area contributed by atoms with Crippen LogP contribution in [-0.2, 0) is 14.2 Å². The van der Waals surface area contributed by atoms with Crippen LogP contribution >= 0.6 is 0 Å². The largest absolute Gasteiger partial charge is 0.394 e. The minimum Gasteiger partial charge on any atom is -0.394 e. The molecule has 1 rings (SSSR count). The second-order valence-corrected chi connectivity index (χ2v) is 4.49. The molecule has 1 aliphatic rings. The summed E-state index contributed by atoms with van der Waals surface area (Å²) in [4.78, 5) is 0. The van der Waals surface area contributed by atoms with Crippen molar-refractivity contribution in [2.75, 3.05) is 26.4 Å². The van der Waals surface area contributed by atoms with E-state index in [2.05, 4.69) is 6.92 Å². The molecule has 0 spiro atoms. The molecule has 1 saturated heterocycles. The lowest BCUT2D eigenvalue weighted by Gasteiger charge is -2.29. The van der Waals surface area contributed by atoms with E-state index in [1.165, 1.54) is 19.3 Å². The Balaban J connectivity index is 1.91. The second kappa shape index (κ2) is 9.83. The van der Waals surface area contributed by atoms with Gasteiger partial charge in [-0.15, -0.1) is 0 Å². The number of rotatable bonds is 9. The van der Waals surface area contributed by atoms with Crippen LogP contribution in [0, 0.1) is 0 Å². The van der Waals surface area contributed by atoms with Crippen molar-refractivity contribution < 1.29 is 19.3 Å². The van der Waals surface area contributed by atoms with Crippen molar-refractivity contribution >= 4 is 0 Å². The van der Waals surface area contributed by atoms with E-state index in [1.54, 1.807) is 0 Å². The third-order valence-electron chi connectivity index (χ3n) is 2.93. The molecule has 0 aromatic heterocycles. The zero-order valence-corrected chi connectivity index (χ0v) is 10.9. The van der Waals surface area contributed by atoms with Crippen molar-refractivity contribution in [1.29, 1.82) is 0 Å². The molecule has 4 nitrogen and oxygen atoms in total. The summed E-state index contributed by atoms with van der Waals surface area (Å²) in [5, 5.41) is 8.99. The molecule has 1 heterocycles. The maximum Gasteiger partial charge on any atom is 0.160 e. The highest BCUT2D eigenvalue weighted by atomic mass is 16.7. The molecule has 0 saturated carbocycles. The van der Waals surface area contributed by atoms with E-state index in [-0.39, 0.29) is 19.0 Å². The van der Waals surface area contributed by atoms with E-state index in [0.29, 0.717) is 13.2 Å². The lowest BCUT2D eigenvalue weighted by atomic mass is 10.2. The molecular weight excluding hydrogens is 220 g/mol. The predicted octanol–water partition coefficient (Wildman–Crippen LogP) is 2.10. The van der Waals surface area contributed by atoms with Crippen molar-refractivity contribution in [1.82, 2.24) is 0 Å². The summed E-state index contributed by atoms with van der Waals surface area (Å²) in [6.07, 6.45) is 6.21. The molecule has 1 aliphatic heterocycles. The first-order valence-corrected chi connectivity index (χ1v) is 6.82. The minimum atomic E-state index is -0.198. The van der Waals surface area contributed by atoms with Gasteiger partial charge in [-0.1, -0.05) is 26.2 Å². The second-order valence-electron chi connectivity index (χ2n) is 4.49. The smallest absolute Gasteiger partial charge is 0.160 e. The Hall–Kier alpha value is -0.160. The lowest BCUT2D eigenvalue weighted by molar-refractivity contribution is -0.225. The number of hydrogen-bond donors (Lipinski definition) is 1. The Bertz CT molecular complexity index is 175. The Morgan fingerprint density at radius 2 is 2.12 bits per heavy atom. The van der Waals surface area contributed by atoms with Gasteiger partial charge < -0.3 is 19.3 Å². The minimum absolute atomic E-state index is 0.0571. The molecule has 1 fully saturated rings. The highest BCUT2D eigenvalue weighted by Gasteiger charge is 2.21. The summed E-state index contributed by atoms with van der Waals surface area (Å²) >= 11 is 0. The number of aliphatic hydroxyl groups is 1. The van der Waals surface area contributed by atoms with Gasteiger partial charge in [-0.2, -0.15) is 0 Å². The molecule has 2 atom stereocenters. The van der Waals surface area contributed by atoms with Crippen LogP contribution in [0.15, 0.2) is 0 Å². The van der Waals surface area contributed by atoms with Gasteiger partial charge in [0, 0.05) is 13.0 Å². The third kappa shape index (κ3) is 6.99. The molecule has 0 radical (unpaired) electrons. The molecule has 0 amide bonds. The Kier molecular flexibility index (Phi) is 8.61.